The van der Waals surface area contributed by atoms with E-state index in [-0.39, 0.29) is 17.4 Å². The van der Waals surface area contributed by atoms with Crippen molar-refractivity contribution in [1.82, 2.24) is 4.98 Å². The average molecular weight is 360 g/mol. The van der Waals surface area contributed by atoms with E-state index in [0.29, 0.717) is 11.1 Å². The number of fused-ring (bicyclic) bond motifs is 1. The topological polar surface area (TPSA) is 77.5 Å². The summed E-state index contributed by atoms with van der Waals surface area (Å²) in [6, 6.07) is 22.0. The number of hydrogen-bond acceptors (Lipinski definition) is 4. The number of nitriles is 2. The molecule has 0 aliphatic heterocycles. The number of halogens is 1. The first-order valence-corrected chi connectivity index (χ1v) is 8.44. The lowest BCUT2D eigenvalue weighted by Crippen LogP contribution is -2.16. The summed E-state index contributed by atoms with van der Waals surface area (Å²) in [5.74, 6) is -1.79. The minimum atomic E-state index is -0.997. The van der Waals surface area contributed by atoms with Crippen LogP contribution in [0.4, 0.5) is 0 Å². The van der Waals surface area contributed by atoms with Gasteiger partial charge in [0.25, 0.3) is 0 Å². The second-order valence-corrected chi connectivity index (χ2v) is 6.25. The third kappa shape index (κ3) is 3.57. The van der Waals surface area contributed by atoms with Crippen LogP contribution in [0.3, 0.4) is 0 Å². The smallest absolute Gasteiger partial charge is 0.163 e. The number of aromatic nitrogens is 1. The van der Waals surface area contributed by atoms with Crippen LogP contribution in [0.5, 0.6) is 0 Å². The first kappa shape index (κ1) is 17.6. The highest BCUT2D eigenvalue weighted by atomic mass is 35.5. The lowest BCUT2D eigenvalue weighted by molar-refractivity contribution is 0.0971. The molecule has 1 heterocycles. The molecule has 0 N–H and O–H groups in total. The molecule has 26 heavy (non-hydrogen) atoms. The highest BCUT2D eigenvalue weighted by Crippen LogP contribution is 2.35. The van der Waals surface area contributed by atoms with Gasteiger partial charge in [0.15, 0.2) is 5.78 Å². The molecule has 0 aliphatic carbocycles. The number of rotatable bonds is 5. The lowest BCUT2D eigenvalue weighted by atomic mass is 9.83. The minimum absolute atomic E-state index is 0.00946. The molecule has 0 saturated carbocycles. The Morgan fingerprint density at radius 2 is 1.69 bits per heavy atom. The lowest BCUT2D eigenvalue weighted by Gasteiger charge is -2.19. The molecule has 2 aromatic carbocycles. The molecule has 0 fully saturated rings. The predicted molar refractivity (Wildman–Crippen MR) is 99.6 cm³/mol. The molecule has 3 rings (SSSR count). The van der Waals surface area contributed by atoms with Crippen molar-refractivity contribution in [1.29, 1.82) is 10.5 Å². The molecule has 0 saturated heterocycles. The molecule has 126 valence electrons. The van der Waals surface area contributed by atoms with E-state index < -0.39 is 11.8 Å². The van der Waals surface area contributed by atoms with Gasteiger partial charge < -0.3 is 0 Å². The van der Waals surface area contributed by atoms with Gasteiger partial charge in [-0.2, -0.15) is 10.5 Å². The van der Waals surface area contributed by atoms with Crippen LogP contribution in [0.2, 0.25) is 5.15 Å². The summed E-state index contributed by atoms with van der Waals surface area (Å²) in [7, 11) is 0. The fraction of sp³-hybridized carbons (Fsp3) is 0.143. The van der Waals surface area contributed by atoms with E-state index in [0.717, 1.165) is 10.9 Å². The number of carbonyl (C=O) groups is 1. The van der Waals surface area contributed by atoms with Gasteiger partial charge in [0.05, 0.1) is 17.7 Å². The molecule has 0 aliphatic rings. The van der Waals surface area contributed by atoms with E-state index in [2.05, 4.69) is 4.98 Å². The van der Waals surface area contributed by atoms with Gasteiger partial charge in [-0.15, -0.1) is 0 Å². The highest BCUT2D eigenvalue weighted by molar-refractivity contribution is 6.30. The van der Waals surface area contributed by atoms with Crippen molar-refractivity contribution in [2.45, 2.75) is 12.3 Å². The largest absolute Gasteiger partial charge is 0.294 e. The zero-order chi connectivity index (χ0) is 18.5. The summed E-state index contributed by atoms with van der Waals surface area (Å²) >= 11 is 6.34. The van der Waals surface area contributed by atoms with E-state index >= 15 is 0 Å². The SMILES string of the molecule is N#CC(C#N)C(CC(=O)c1ccccc1)c1cc2ccccc2nc1Cl. The average Bonchev–Trinajstić information content (AvgIpc) is 2.68. The van der Waals surface area contributed by atoms with Crippen molar-refractivity contribution in [2.24, 2.45) is 5.92 Å². The Hall–Kier alpha value is -3.21. The molecule has 0 spiro atoms. The Balaban J connectivity index is 2.05. The van der Waals surface area contributed by atoms with E-state index in [1.54, 1.807) is 24.3 Å². The second kappa shape index (κ2) is 7.78. The molecule has 1 aromatic heterocycles. The monoisotopic (exact) mass is 359 g/mol. The summed E-state index contributed by atoms with van der Waals surface area (Å²) in [4.78, 5) is 17.0. The molecule has 1 atom stereocenters. The molecule has 0 radical (unpaired) electrons. The summed E-state index contributed by atoms with van der Waals surface area (Å²) in [5.41, 5.74) is 1.81. The summed E-state index contributed by atoms with van der Waals surface area (Å²) in [6.45, 7) is 0. The fourth-order valence-corrected chi connectivity index (χ4v) is 3.21. The van der Waals surface area contributed by atoms with Crippen molar-refractivity contribution >= 4 is 28.3 Å². The summed E-state index contributed by atoms with van der Waals surface area (Å²) in [5, 5.41) is 19.9. The Kier molecular flexibility index (Phi) is 5.27. The molecule has 3 aromatic rings. The number of nitrogens with zero attached hydrogens (tertiary/aromatic N) is 3. The van der Waals surface area contributed by atoms with E-state index in [4.69, 9.17) is 11.6 Å². The normalized spacial score (nSPS) is 11.7. The number of para-hydroxylation sites is 1. The van der Waals surface area contributed by atoms with Crippen LogP contribution in [0.1, 0.15) is 28.3 Å². The number of hydrogen-bond donors (Lipinski definition) is 0. The van der Waals surface area contributed by atoms with Crippen LogP contribution in [0.25, 0.3) is 10.9 Å². The van der Waals surface area contributed by atoms with Gasteiger partial charge in [0.2, 0.25) is 0 Å². The number of carbonyl (C=O) groups excluding carboxylic acids is 1. The number of benzene rings is 2. The first-order valence-electron chi connectivity index (χ1n) is 8.06. The molecule has 0 bridgehead atoms. The van der Waals surface area contributed by atoms with Gasteiger partial charge in [-0.05, 0) is 17.7 Å². The van der Waals surface area contributed by atoms with Crippen molar-refractivity contribution in [2.75, 3.05) is 0 Å². The maximum Gasteiger partial charge on any atom is 0.163 e. The summed E-state index contributed by atoms with van der Waals surface area (Å²) in [6.07, 6.45) is 0.00946. The maximum atomic E-state index is 12.7. The molecule has 1 unspecified atom stereocenters. The third-order valence-corrected chi connectivity index (χ3v) is 4.59. The van der Waals surface area contributed by atoms with Gasteiger partial charge in [-0.25, -0.2) is 4.98 Å². The minimum Gasteiger partial charge on any atom is -0.294 e. The van der Waals surface area contributed by atoms with Gasteiger partial charge in [-0.3, -0.25) is 4.79 Å². The molecular weight excluding hydrogens is 346 g/mol. The standard InChI is InChI=1S/C21H14ClN3O/c22-21-18(10-15-8-4-5-9-19(15)25-21)17(16(12-23)13-24)11-20(26)14-6-2-1-3-7-14/h1-10,16-17H,11H2. The quantitative estimate of drug-likeness (QED) is 0.479. The van der Waals surface area contributed by atoms with Gasteiger partial charge >= 0.3 is 0 Å². The van der Waals surface area contributed by atoms with Gasteiger partial charge in [0.1, 0.15) is 11.1 Å². The Morgan fingerprint density at radius 3 is 2.38 bits per heavy atom. The highest BCUT2D eigenvalue weighted by Gasteiger charge is 2.29. The van der Waals surface area contributed by atoms with Crippen LogP contribution in [0, 0.1) is 28.6 Å². The van der Waals surface area contributed by atoms with Crippen LogP contribution in [-0.2, 0) is 0 Å². The Morgan fingerprint density at radius 1 is 1.04 bits per heavy atom. The number of Topliss-reactive ketones (excluding diaryl/α,β-unsaturated/α-hetero) is 1. The van der Waals surface area contributed by atoms with E-state index in [9.17, 15) is 15.3 Å². The summed E-state index contributed by atoms with van der Waals surface area (Å²) < 4.78 is 0. The predicted octanol–water partition coefficient (Wildman–Crippen LogP) is 4.91. The van der Waals surface area contributed by atoms with Crippen molar-refractivity contribution in [3.05, 3.63) is 76.9 Å². The van der Waals surface area contributed by atoms with Crippen LogP contribution >= 0.6 is 11.6 Å². The molecule has 4 nitrogen and oxygen atoms in total. The zero-order valence-corrected chi connectivity index (χ0v) is 14.5. The Bertz CT molecular complexity index is 1020. The zero-order valence-electron chi connectivity index (χ0n) is 13.8. The Labute approximate surface area is 156 Å². The number of ketones is 1. The van der Waals surface area contributed by atoms with Crippen LogP contribution in [0.15, 0.2) is 60.7 Å². The maximum absolute atomic E-state index is 12.7. The molecule has 5 heteroatoms. The fourth-order valence-electron chi connectivity index (χ4n) is 2.93. The molecule has 0 amide bonds. The third-order valence-electron chi connectivity index (χ3n) is 4.29. The van der Waals surface area contributed by atoms with Crippen LogP contribution in [-0.4, -0.2) is 10.8 Å². The van der Waals surface area contributed by atoms with Crippen molar-refractivity contribution < 1.29 is 4.79 Å². The number of pyridine rings is 1. The van der Waals surface area contributed by atoms with Crippen molar-refractivity contribution in [3.8, 4) is 12.1 Å². The van der Waals surface area contributed by atoms with E-state index in [1.807, 2.05) is 48.5 Å². The van der Waals surface area contributed by atoms with E-state index in [1.165, 1.54) is 0 Å². The van der Waals surface area contributed by atoms with Crippen molar-refractivity contribution in [3.63, 3.8) is 0 Å². The van der Waals surface area contributed by atoms with Gasteiger partial charge in [-0.1, -0.05) is 60.1 Å². The first-order chi connectivity index (χ1) is 12.6. The molecular formula is C21H14ClN3O. The van der Waals surface area contributed by atoms with Gasteiger partial charge in [0, 0.05) is 23.3 Å². The second-order valence-electron chi connectivity index (χ2n) is 5.90. The van der Waals surface area contributed by atoms with Crippen LogP contribution < -0.4 is 0 Å².